The van der Waals surface area contributed by atoms with E-state index in [1.54, 1.807) is 0 Å². The largest absolute Gasteiger partial charge is 0.493 e. The molecule has 0 spiro atoms. The van der Waals surface area contributed by atoms with E-state index in [0.29, 0.717) is 23.1 Å². The minimum Gasteiger partial charge on any atom is -0.493 e. The van der Waals surface area contributed by atoms with Crippen LogP contribution in [0.15, 0.2) is 12.1 Å². The Morgan fingerprint density at radius 3 is 2.56 bits per heavy atom. The highest BCUT2D eigenvalue weighted by Crippen LogP contribution is 2.33. The molecule has 6 heteroatoms. The monoisotopic (exact) mass is 244 g/mol. The fourth-order valence-corrected chi connectivity index (χ4v) is 1.51. The van der Waals surface area contributed by atoms with Gasteiger partial charge in [0.05, 0.1) is 18.7 Å². The first-order valence-electron chi connectivity index (χ1n) is 4.96. The summed E-state index contributed by atoms with van der Waals surface area (Å²) in [6.07, 6.45) is 0.851. The number of rotatable bonds is 5. The minimum absolute atomic E-state index is 0.269. The zero-order valence-corrected chi connectivity index (χ0v) is 9.99. The third-order valence-electron chi connectivity index (χ3n) is 2.00. The van der Waals surface area contributed by atoms with Crippen molar-refractivity contribution in [3.05, 3.63) is 17.2 Å². The Kier molecular flexibility index (Phi) is 4.92. The molecule has 0 aliphatic carbocycles. The second-order valence-electron chi connectivity index (χ2n) is 3.26. The van der Waals surface area contributed by atoms with Gasteiger partial charge in [-0.3, -0.25) is 0 Å². The van der Waals surface area contributed by atoms with Crippen LogP contribution in [0, 0.1) is 0 Å². The fraction of sp³-hybridized carbons (Fsp3) is 0.400. The van der Waals surface area contributed by atoms with Gasteiger partial charge in [0, 0.05) is 0 Å². The molecule has 0 saturated carbocycles. The highest BCUT2D eigenvalue weighted by Gasteiger charge is 2.18. The summed E-state index contributed by atoms with van der Waals surface area (Å²) in [6, 6.07) is 2.93. The average Bonchev–Trinajstić information content (AvgIpc) is 2.26. The van der Waals surface area contributed by atoms with Crippen LogP contribution in [0.25, 0.3) is 0 Å². The molecular weight excluding hydrogens is 230 g/mol. The summed E-state index contributed by atoms with van der Waals surface area (Å²) in [5.41, 5.74) is 0.269. The van der Waals surface area contributed by atoms with Crippen LogP contribution in [0.2, 0.25) is 5.02 Å². The molecule has 88 valence electrons. The normalized spacial score (nSPS) is 10.1. The van der Waals surface area contributed by atoms with E-state index in [9.17, 15) is 0 Å². The van der Waals surface area contributed by atoms with Gasteiger partial charge in [-0.15, -0.1) is 0 Å². The third kappa shape index (κ3) is 3.04. The molecule has 0 unspecified atom stereocenters. The minimum atomic E-state index is -1.58. The number of hydrogen-bond donors (Lipinski definition) is 2. The second kappa shape index (κ2) is 5.99. The van der Waals surface area contributed by atoms with Crippen LogP contribution in [0.3, 0.4) is 0 Å². The molecule has 0 bridgehead atoms. The van der Waals surface area contributed by atoms with Crippen LogP contribution in [0.4, 0.5) is 0 Å². The number of benzene rings is 1. The molecule has 0 aliphatic rings. The number of halogens is 1. The van der Waals surface area contributed by atoms with Gasteiger partial charge in [0.1, 0.15) is 0 Å². The lowest BCUT2D eigenvalue weighted by atomic mass is 9.80. The van der Waals surface area contributed by atoms with E-state index < -0.39 is 7.12 Å². The Morgan fingerprint density at radius 1 is 1.38 bits per heavy atom. The molecule has 0 heterocycles. The van der Waals surface area contributed by atoms with Crippen LogP contribution in [-0.4, -0.2) is 30.9 Å². The summed E-state index contributed by atoms with van der Waals surface area (Å²) in [7, 11) is -0.107. The molecule has 0 fully saturated rings. The average molecular weight is 244 g/mol. The fourth-order valence-electron chi connectivity index (χ4n) is 1.23. The first kappa shape index (κ1) is 13.2. The molecule has 0 atom stereocenters. The van der Waals surface area contributed by atoms with Crippen molar-refractivity contribution >= 4 is 24.2 Å². The van der Waals surface area contributed by atoms with Crippen molar-refractivity contribution in [2.45, 2.75) is 13.3 Å². The highest BCUT2D eigenvalue weighted by atomic mass is 35.5. The van der Waals surface area contributed by atoms with Crippen LogP contribution in [0.5, 0.6) is 11.5 Å². The van der Waals surface area contributed by atoms with Gasteiger partial charge in [0.15, 0.2) is 11.5 Å². The Bertz CT molecular complexity index is 357. The van der Waals surface area contributed by atoms with Gasteiger partial charge in [-0.2, -0.15) is 0 Å². The first-order valence-corrected chi connectivity index (χ1v) is 5.34. The van der Waals surface area contributed by atoms with E-state index in [1.165, 1.54) is 19.2 Å². The van der Waals surface area contributed by atoms with Crippen molar-refractivity contribution in [2.75, 3.05) is 13.7 Å². The van der Waals surface area contributed by atoms with Gasteiger partial charge >= 0.3 is 7.12 Å². The van der Waals surface area contributed by atoms with Crippen molar-refractivity contribution in [1.82, 2.24) is 0 Å². The molecule has 4 nitrogen and oxygen atoms in total. The lowest BCUT2D eigenvalue weighted by Crippen LogP contribution is -2.29. The molecular formula is C10H14BClO4. The Morgan fingerprint density at radius 2 is 2.06 bits per heavy atom. The summed E-state index contributed by atoms with van der Waals surface area (Å²) < 4.78 is 10.5. The van der Waals surface area contributed by atoms with Gasteiger partial charge in [0.2, 0.25) is 0 Å². The molecule has 1 aromatic carbocycles. The second-order valence-corrected chi connectivity index (χ2v) is 3.66. The molecule has 16 heavy (non-hydrogen) atoms. The predicted molar refractivity (Wildman–Crippen MR) is 63.6 cm³/mol. The van der Waals surface area contributed by atoms with Gasteiger partial charge in [-0.05, 0) is 24.0 Å². The number of methoxy groups -OCH3 is 1. The SMILES string of the molecule is CCCOc1c(Cl)cc(B(O)O)cc1OC. The maximum absolute atomic E-state index is 9.04. The molecule has 0 amide bonds. The van der Waals surface area contributed by atoms with E-state index >= 15 is 0 Å². The van der Waals surface area contributed by atoms with E-state index in [2.05, 4.69) is 0 Å². The topological polar surface area (TPSA) is 58.9 Å². The third-order valence-corrected chi connectivity index (χ3v) is 2.28. The van der Waals surface area contributed by atoms with Gasteiger partial charge in [-0.25, -0.2) is 0 Å². The summed E-state index contributed by atoms with van der Waals surface area (Å²) in [5.74, 6) is 0.819. The Hall–Kier alpha value is -0.905. The van der Waals surface area contributed by atoms with Crippen molar-refractivity contribution in [2.24, 2.45) is 0 Å². The number of hydrogen-bond acceptors (Lipinski definition) is 4. The Balaban J connectivity index is 3.07. The van der Waals surface area contributed by atoms with Gasteiger partial charge in [-0.1, -0.05) is 18.5 Å². The van der Waals surface area contributed by atoms with Crippen LogP contribution in [0.1, 0.15) is 13.3 Å². The van der Waals surface area contributed by atoms with Crippen molar-refractivity contribution in [1.29, 1.82) is 0 Å². The molecule has 0 radical (unpaired) electrons. The van der Waals surface area contributed by atoms with Crippen molar-refractivity contribution in [3.63, 3.8) is 0 Å². The van der Waals surface area contributed by atoms with E-state index in [-0.39, 0.29) is 5.46 Å². The van der Waals surface area contributed by atoms with E-state index in [4.69, 9.17) is 31.1 Å². The molecule has 1 aromatic rings. The van der Waals surface area contributed by atoms with E-state index in [0.717, 1.165) is 6.42 Å². The van der Waals surface area contributed by atoms with Crippen LogP contribution >= 0.6 is 11.6 Å². The van der Waals surface area contributed by atoms with Crippen molar-refractivity contribution < 1.29 is 19.5 Å². The van der Waals surface area contributed by atoms with Crippen molar-refractivity contribution in [3.8, 4) is 11.5 Å². The lowest BCUT2D eigenvalue weighted by Gasteiger charge is -2.13. The lowest BCUT2D eigenvalue weighted by molar-refractivity contribution is 0.294. The summed E-state index contributed by atoms with van der Waals surface area (Å²) in [6.45, 7) is 2.50. The first-order chi connectivity index (χ1) is 7.60. The standard InChI is InChI=1S/C10H14BClO4/c1-3-4-16-10-8(12)5-7(11(13)14)6-9(10)15-2/h5-6,13-14H,3-4H2,1-2H3. The maximum atomic E-state index is 9.04. The predicted octanol–water partition coefficient (Wildman–Crippen LogP) is 0.817. The summed E-state index contributed by atoms with van der Waals surface area (Å²) >= 11 is 5.97. The van der Waals surface area contributed by atoms with Gasteiger partial charge in [0.25, 0.3) is 0 Å². The molecule has 0 aromatic heterocycles. The summed E-state index contributed by atoms with van der Waals surface area (Å²) in [5, 5.41) is 18.4. The zero-order valence-electron chi connectivity index (χ0n) is 9.24. The molecule has 0 saturated heterocycles. The zero-order chi connectivity index (χ0) is 12.1. The quantitative estimate of drug-likeness (QED) is 0.753. The molecule has 0 aliphatic heterocycles. The Labute approximate surface area is 99.9 Å². The summed E-state index contributed by atoms with van der Waals surface area (Å²) in [4.78, 5) is 0. The maximum Gasteiger partial charge on any atom is 0.488 e. The molecule has 2 N–H and O–H groups in total. The molecule has 1 rings (SSSR count). The smallest absolute Gasteiger partial charge is 0.488 e. The van der Waals surface area contributed by atoms with Gasteiger partial charge < -0.3 is 19.5 Å². The highest BCUT2D eigenvalue weighted by molar-refractivity contribution is 6.59. The number of ether oxygens (including phenoxy) is 2. The van der Waals surface area contributed by atoms with E-state index in [1.807, 2.05) is 6.92 Å². The van der Waals surface area contributed by atoms with Crippen LogP contribution < -0.4 is 14.9 Å². The van der Waals surface area contributed by atoms with Crippen LogP contribution in [-0.2, 0) is 0 Å².